The van der Waals surface area contributed by atoms with Crippen molar-refractivity contribution < 1.29 is 19.4 Å². The highest BCUT2D eigenvalue weighted by Gasteiger charge is 2.27. The SMILES string of the molecule is COc1cc2c(cc1Cl)C(=O)N(CC(=O)O)CC2. The summed E-state index contributed by atoms with van der Waals surface area (Å²) in [6.07, 6.45) is 0.599. The van der Waals surface area contributed by atoms with Crippen LogP contribution in [-0.4, -0.2) is 42.1 Å². The number of halogens is 1. The van der Waals surface area contributed by atoms with Crippen LogP contribution in [0.2, 0.25) is 5.02 Å². The van der Waals surface area contributed by atoms with Gasteiger partial charge < -0.3 is 14.7 Å². The summed E-state index contributed by atoms with van der Waals surface area (Å²) in [5.41, 5.74) is 1.29. The molecular weight excluding hydrogens is 258 g/mol. The van der Waals surface area contributed by atoms with Crippen molar-refractivity contribution in [3.05, 3.63) is 28.3 Å². The number of rotatable bonds is 3. The number of carboxylic acid groups (broad SMARTS) is 1. The van der Waals surface area contributed by atoms with E-state index in [1.165, 1.54) is 18.1 Å². The van der Waals surface area contributed by atoms with Gasteiger partial charge in [-0.3, -0.25) is 9.59 Å². The van der Waals surface area contributed by atoms with Crippen LogP contribution in [0, 0.1) is 0 Å². The molecule has 0 radical (unpaired) electrons. The Morgan fingerprint density at radius 1 is 1.56 bits per heavy atom. The van der Waals surface area contributed by atoms with Gasteiger partial charge >= 0.3 is 5.97 Å². The van der Waals surface area contributed by atoms with Gasteiger partial charge in [-0.1, -0.05) is 11.6 Å². The molecule has 0 unspecified atom stereocenters. The maximum absolute atomic E-state index is 12.1. The van der Waals surface area contributed by atoms with E-state index in [0.29, 0.717) is 29.3 Å². The number of nitrogens with zero attached hydrogens (tertiary/aromatic N) is 1. The molecule has 0 spiro atoms. The van der Waals surface area contributed by atoms with E-state index in [4.69, 9.17) is 21.4 Å². The zero-order valence-corrected chi connectivity index (χ0v) is 10.5. The number of methoxy groups -OCH3 is 1. The van der Waals surface area contributed by atoms with Crippen LogP contribution in [0.4, 0.5) is 0 Å². The number of hydrogen-bond acceptors (Lipinski definition) is 3. The number of carbonyl (C=O) groups is 2. The first-order chi connectivity index (χ1) is 8.52. The number of amides is 1. The second-order valence-corrected chi connectivity index (χ2v) is 4.42. The van der Waals surface area contributed by atoms with Gasteiger partial charge in [0.1, 0.15) is 12.3 Å². The van der Waals surface area contributed by atoms with Crippen LogP contribution in [0.1, 0.15) is 15.9 Å². The first-order valence-corrected chi connectivity index (χ1v) is 5.78. The van der Waals surface area contributed by atoms with Gasteiger partial charge in [0.25, 0.3) is 5.91 Å². The van der Waals surface area contributed by atoms with Crippen molar-refractivity contribution in [2.75, 3.05) is 20.2 Å². The van der Waals surface area contributed by atoms with Crippen molar-refractivity contribution in [2.45, 2.75) is 6.42 Å². The van der Waals surface area contributed by atoms with Gasteiger partial charge in [-0.25, -0.2) is 0 Å². The Kier molecular flexibility index (Phi) is 3.43. The van der Waals surface area contributed by atoms with Crippen molar-refractivity contribution in [1.29, 1.82) is 0 Å². The molecule has 1 aliphatic rings. The topological polar surface area (TPSA) is 66.8 Å². The lowest BCUT2D eigenvalue weighted by Gasteiger charge is -2.27. The molecule has 1 N–H and O–H groups in total. The van der Waals surface area contributed by atoms with Gasteiger partial charge in [-0.15, -0.1) is 0 Å². The summed E-state index contributed by atoms with van der Waals surface area (Å²) in [7, 11) is 1.51. The van der Waals surface area contributed by atoms with Crippen LogP contribution < -0.4 is 4.74 Å². The van der Waals surface area contributed by atoms with E-state index in [2.05, 4.69) is 0 Å². The molecule has 6 heteroatoms. The Labute approximate surface area is 109 Å². The monoisotopic (exact) mass is 269 g/mol. The van der Waals surface area contributed by atoms with Crippen LogP contribution >= 0.6 is 11.6 Å². The van der Waals surface area contributed by atoms with Gasteiger partial charge in [-0.2, -0.15) is 0 Å². The second-order valence-electron chi connectivity index (χ2n) is 4.01. The molecule has 0 saturated heterocycles. The lowest BCUT2D eigenvalue weighted by molar-refractivity contribution is -0.137. The normalized spacial score (nSPS) is 14.3. The first kappa shape index (κ1) is 12.7. The average molecular weight is 270 g/mol. The number of aliphatic carboxylic acids is 1. The number of hydrogen-bond donors (Lipinski definition) is 1. The standard InChI is InChI=1S/C12H12ClNO4/c1-18-10-4-7-2-3-14(6-11(15)16)12(17)8(7)5-9(10)13/h4-5H,2-3,6H2,1H3,(H,15,16). The molecule has 0 aliphatic carbocycles. The summed E-state index contributed by atoms with van der Waals surface area (Å²) < 4.78 is 5.09. The minimum Gasteiger partial charge on any atom is -0.495 e. The quantitative estimate of drug-likeness (QED) is 0.901. The van der Waals surface area contributed by atoms with Crippen molar-refractivity contribution >= 4 is 23.5 Å². The average Bonchev–Trinajstić information content (AvgIpc) is 2.32. The molecule has 1 amide bonds. The predicted molar refractivity (Wildman–Crippen MR) is 65.2 cm³/mol. The van der Waals surface area contributed by atoms with Gasteiger partial charge in [0.05, 0.1) is 12.1 Å². The van der Waals surface area contributed by atoms with Gasteiger partial charge in [0, 0.05) is 12.1 Å². The van der Waals surface area contributed by atoms with Crippen molar-refractivity contribution in [1.82, 2.24) is 4.90 Å². The molecule has 1 aromatic carbocycles. The Morgan fingerprint density at radius 3 is 2.89 bits per heavy atom. The Bertz CT molecular complexity index is 515. The molecule has 0 fully saturated rings. The fourth-order valence-corrected chi connectivity index (χ4v) is 2.24. The molecule has 2 rings (SSSR count). The Hall–Kier alpha value is -1.75. The summed E-state index contributed by atoms with van der Waals surface area (Å²) in [4.78, 5) is 24.0. The molecule has 0 bridgehead atoms. The molecule has 0 saturated carbocycles. The van der Waals surface area contributed by atoms with E-state index >= 15 is 0 Å². The largest absolute Gasteiger partial charge is 0.495 e. The minimum atomic E-state index is -1.02. The van der Waals surface area contributed by atoms with E-state index in [1.54, 1.807) is 6.07 Å². The minimum absolute atomic E-state index is 0.290. The molecule has 0 aromatic heterocycles. The van der Waals surface area contributed by atoms with Crippen LogP contribution in [0.3, 0.4) is 0 Å². The smallest absolute Gasteiger partial charge is 0.323 e. The lowest BCUT2D eigenvalue weighted by atomic mass is 9.98. The number of carbonyl (C=O) groups excluding carboxylic acids is 1. The van der Waals surface area contributed by atoms with Gasteiger partial charge in [0.15, 0.2) is 0 Å². The van der Waals surface area contributed by atoms with Crippen LogP contribution in [-0.2, 0) is 11.2 Å². The van der Waals surface area contributed by atoms with Crippen molar-refractivity contribution in [3.8, 4) is 5.75 Å². The summed E-state index contributed by atoms with van der Waals surface area (Å²) in [6, 6.07) is 3.26. The molecular formula is C12H12ClNO4. The van der Waals surface area contributed by atoms with Crippen molar-refractivity contribution in [2.24, 2.45) is 0 Å². The molecule has 1 aromatic rings. The molecule has 0 atom stereocenters. The zero-order valence-electron chi connectivity index (χ0n) is 9.77. The molecule has 1 aliphatic heterocycles. The highest BCUT2D eigenvalue weighted by Crippen LogP contribution is 2.31. The Balaban J connectivity index is 2.35. The summed E-state index contributed by atoms with van der Waals surface area (Å²) in [5.74, 6) is -0.801. The van der Waals surface area contributed by atoms with Crippen LogP contribution in [0.25, 0.3) is 0 Å². The third-order valence-corrected chi connectivity index (χ3v) is 3.17. The molecule has 1 heterocycles. The second kappa shape index (κ2) is 4.86. The fourth-order valence-electron chi connectivity index (χ4n) is 2.00. The predicted octanol–water partition coefficient (Wildman–Crippen LogP) is 1.43. The molecule has 96 valence electrons. The molecule has 5 nitrogen and oxygen atoms in total. The Morgan fingerprint density at radius 2 is 2.28 bits per heavy atom. The lowest BCUT2D eigenvalue weighted by Crippen LogP contribution is -2.40. The first-order valence-electron chi connectivity index (χ1n) is 5.40. The van der Waals surface area contributed by atoms with Gasteiger partial charge in [-0.05, 0) is 24.1 Å². The van der Waals surface area contributed by atoms with Crippen molar-refractivity contribution in [3.63, 3.8) is 0 Å². The number of carboxylic acids is 1. The van der Waals surface area contributed by atoms with E-state index in [1.807, 2.05) is 0 Å². The van der Waals surface area contributed by atoms with E-state index in [9.17, 15) is 9.59 Å². The highest BCUT2D eigenvalue weighted by atomic mass is 35.5. The third-order valence-electron chi connectivity index (χ3n) is 2.87. The number of ether oxygens (including phenoxy) is 1. The summed E-state index contributed by atoms with van der Waals surface area (Å²) in [6.45, 7) is 0.102. The van der Waals surface area contributed by atoms with E-state index in [0.717, 1.165) is 5.56 Å². The van der Waals surface area contributed by atoms with Gasteiger partial charge in [0.2, 0.25) is 0 Å². The van der Waals surface area contributed by atoms with Crippen LogP contribution in [0.15, 0.2) is 12.1 Å². The summed E-state index contributed by atoms with van der Waals surface area (Å²) in [5, 5.41) is 9.08. The third kappa shape index (κ3) is 2.26. The maximum atomic E-state index is 12.1. The van der Waals surface area contributed by atoms with Crippen LogP contribution in [0.5, 0.6) is 5.75 Å². The zero-order chi connectivity index (χ0) is 13.3. The molecule has 18 heavy (non-hydrogen) atoms. The van der Waals surface area contributed by atoms with E-state index in [-0.39, 0.29) is 12.5 Å². The number of benzene rings is 1. The fraction of sp³-hybridized carbons (Fsp3) is 0.333. The highest BCUT2D eigenvalue weighted by molar-refractivity contribution is 6.32. The summed E-state index contributed by atoms with van der Waals surface area (Å²) >= 11 is 5.97. The number of fused-ring (bicyclic) bond motifs is 1. The maximum Gasteiger partial charge on any atom is 0.323 e. The van der Waals surface area contributed by atoms with E-state index < -0.39 is 5.97 Å².